The van der Waals surface area contributed by atoms with Crippen LogP contribution in [0.25, 0.3) is 6.08 Å². The molecule has 1 aromatic carbocycles. The molecule has 0 saturated heterocycles. The quantitative estimate of drug-likeness (QED) is 0.797. The van der Waals surface area contributed by atoms with Gasteiger partial charge in [0.2, 0.25) is 0 Å². The Morgan fingerprint density at radius 2 is 2.24 bits per heavy atom. The highest BCUT2D eigenvalue weighted by Gasteiger charge is 1.99. The fraction of sp³-hybridized carbons (Fsp3) is 0.250. The molecule has 0 aromatic heterocycles. The van der Waals surface area contributed by atoms with E-state index in [2.05, 4.69) is 26.6 Å². The molecule has 0 heterocycles. The van der Waals surface area contributed by atoms with Gasteiger partial charge < -0.3 is 15.7 Å². The topological polar surface area (TPSA) is 61.4 Å². The lowest BCUT2D eigenvalue weighted by atomic mass is 10.2. The number of benzene rings is 1. The zero-order valence-electron chi connectivity index (χ0n) is 9.48. The molecule has 5 heteroatoms. The van der Waals surface area contributed by atoms with Crippen molar-refractivity contribution in [2.24, 2.45) is 0 Å². The maximum absolute atomic E-state index is 11.2. The average Bonchev–Trinajstić information content (AvgIpc) is 2.29. The highest BCUT2D eigenvalue weighted by molar-refractivity contribution is 9.10. The summed E-state index contributed by atoms with van der Waals surface area (Å²) in [5.41, 5.74) is 0.975. The Bertz CT molecular complexity index is 405. The first-order valence-corrected chi connectivity index (χ1v) is 6.02. The van der Waals surface area contributed by atoms with Crippen molar-refractivity contribution in [3.05, 3.63) is 40.5 Å². The summed E-state index contributed by atoms with van der Waals surface area (Å²) in [6.45, 7) is 1.84. The van der Waals surface area contributed by atoms with E-state index >= 15 is 0 Å². The molecule has 1 atom stereocenters. The smallest absolute Gasteiger partial charge is 0.318 e. The van der Waals surface area contributed by atoms with Crippen LogP contribution in [0.3, 0.4) is 0 Å². The predicted octanol–water partition coefficient (Wildman–Crippen LogP) is 2.10. The molecule has 4 nitrogen and oxygen atoms in total. The third kappa shape index (κ3) is 5.51. The molecular weight excluding hydrogens is 284 g/mol. The zero-order valence-corrected chi connectivity index (χ0v) is 11.1. The van der Waals surface area contributed by atoms with Crippen molar-refractivity contribution < 1.29 is 9.90 Å². The fourth-order valence-corrected chi connectivity index (χ4v) is 1.53. The second-order valence-corrected chi connectivity index (χ2v) is 4.41. The second kappa shape index (κ2) is 7.09. The predicted molar refractivity (Wildman–Crippen MR) is 71.4 cm³/mol. The molecule has 3 N–H and O–H groups in total. The van der Waals surface area contributed by atoms with Gasteiger partial charge in [0.1, 0.15) is 0 Å². The molecule has 2 amide bonds. The Hall–Kier alpha value is -1.33. The summed E-state index contributed by atoms with van der Waals surface area (Å²) in [7, 11) is 0. The van der Waals surface area contributed by atoms with E-state index in [-0.39, 0.29) is 12.6 Å². The third-order valence-electron chi connectivity index (χ3n) is 1.94. The van der Waals surface area contributed by atoms with Gasteiger partial charge in [0.25, 0.3) is 0 Å². The Morgan fingerprint density at radius 3 is 2.88 bits per heavy atom. The molecular formula is C12H15BrN2O2. The standard InChI is InChI=1S/C12H15BrN2O2/c1-9(16)8-15-12(17)14-7-6-10-4-2-3-5-11(10)13/h2-7,9,16H,8H2,1H3,(H2,14,15,17)/b7-6+. The number of nitrogens with one attached hydrogen (secondary N) is 2. The molecule has 0 aliphatic carbocycles. The number of urea groups is 1. The Balaban J connectivity index is 2.40. The summed E-state index contributed by atoms with van der Waals surface area (Å²) in [4.78, 5) is 11.2. The van der Waals surface area contributed by atoms with Crippen LogP contribution in [-0.2, 0) is 0 Å². The normalized spacial score (nSPS) is 12.4. The van der Waals surface area contributed by atoms with Crippen LogP contribution in [-0.4, -0.2) is 23.8 Å². The van der Waals surface area contributed by atoms with E-state index in [4.69, 9.17) is 5.11 Å². The third-order valence-corrected chi connectivity index (χ3v) is 2.66. The zero-order chi connectivity index (χ0) is 12.7. The van der Waals surface area contributed by atoms with E-state index < -0.39 is 6.10 Å². The molecule has 0 radical (unpaired) electrons. The van der Waals surface area contributed by atoms with Crippen LogP contribution in [0.5, 0.6) is 0 Å². The van der Waals surface area contributed by atoms with E-state index in [0.717, 1.165) is 10.0 Å². The largest absolute Gasteiger partial charge is 0.392 e. The van der Waals surface area contributed by atoms with Crippen molar-refractivity contribution in [3.8, 4) is 0 Å². The van der Waals surface area contributed by atoms with Crippen LogP contribution in [0.15, 0.2) is 34.9 Å². The van der Waals surface area contributed by atoms with Gasteiger partial charge in [-0.1, -0.05) is 34.1 Å². The maximum atomic E-state index is 11.2. The number of aliphatic hydroxyl groups is 1. The first-order chi connectivity index (χ1) is 8.09. The van der Waals surface area contributed by atoms with Crippen LogP contribution in [0.4, 0.5) is 4.79 Å². The number of carbonyl (C=O) groups excluding carboxylic acids is 1. The molecule has 1 aromatic rings. The lowest BCUT2D eigenvalue weighted by Crippen LogP contribution is -2.36. The highest BCUT2D eigenvalue weighted by Crippen LogP contribution is 2.16. The number of halogens is 1. The highest BCUT2D eigenvalue weighted by atomic mass is 79.9. The van der Waals surface area contributed by atoms with Gasteiger partial charge in [-0.25, -0.2) is 4.79 Å². The van der Waals surface area contributed by atoms with E-state index in [9.17, 15) is 4.79 Å². The molecule has 1 unspecified atom stereocenters. The monoisotopic (exact) mass is 298 g/mol. The van der Waals surface area contributed by atoms with Gasteiger partial charge in [-0.2, -0.15) is 0 Å². The van der Waals surface area contributed by atoms with E-state index in [1.807, 2.05) is 24.3 Å². The van der Waals surface area contributed by atoms with Crippen LogP contribution in [0, 0.1) is 0 Å². The van der Waals surface area contributed by atoms with Gasteiger partial charge in [0, 0.05) is 17.2 Å². The Labute approximate surface area is 109 Å². The molecule has 17 heavy (non-hydrogen) atoms. The number of hydrogen-bond acceptors (Lipinski definition) is 2. The summed E-state index contributed by atoms with van der Waals surface area (Å²) < 4.78 is 0.961. The Kier molecular flexibility index (Phi) is 5.72. The Morgan fingerprint density at radius 1 is 1.53 bits per heavy atom. The van der Waals surface area contributed by atoms with Crippen molar-refractivity contribution in [1.29, 1.82) is 0 Å². The number of amides is 2. The lowest BCUT2D eigenvalue weighted by molar-refractivity contribution is 0.188. The van der Waals surface area contributed by atoms with Crippen molar-refractivity contribution in [1.82, 2.24) is 10.6 Å². The molecule has 0 aliphatic rings. The van der Waals surface area contributed by atoms with Crippen molar-refractivity contribution in [2.45, 2.75) is 13.0 Å². The van der Waals surface area contributed by atoms with E-state index in [1.165, 1.54) is 0 Å². The minimum absolute atomic E-state index is 0.231. The van der Waals surface area contributed by atoms with E-state index in [0.29, 0.717) is 0 Å². The van der Waals surface area contributed by atoms with Gasteiger partial charge in [0.05, 0.1) is 6.10 Å². The minimum atomic E-state index is -0.548. The van der Waals surface area contributed by atoms with Gasteiger partial charge in [-0.15, -0.1) is 0 Å². The van der Waals surface area contributed by atoms with Crippen LogP contribution in [0.1, 0.15) is 12.5 Å². The van der Waals surface area contributed by atoms with Crippen LogP contribution >= 0.6 is 15.9 Å². The first-order valence-electron chi connectivity index (χ1n) is 5.23. The number of hydrogen-bond donors (Lipinski definition) is 3. The van der Waals surface area contributed by atoms with E-state index in [1.54, 1.807) is 19.2 Å². The van der Waals surface area contributed by atoms with Crippen molar-refractivity contribution in [3.63, 3.8) is 0 Å². The lowest BCUT2D eigenvalue weighted by Gasteiger charge is -2.06. The molecule has 0 saturated carbocycles. The minimum Gasteiger partial charge on any atom is -0.392 e. The summed E-state index contributed by atoms with van der Waals surface area (Å²) in [5, 5.41) is 14.0. The molecule has 92 valence electrons. The summed E-state index contributed by atoms with van der Waals surface area (Å²) in [5.74, 6) is 0. The van der Waals surface area contributed by atoms with Crippen molar-refractivity contribution >= 4 is 28.0 Å². The molecule has 0 aliphatic heterocycles. The summed E-state index contributed by atoms with van der Waals surface area (Å²) >= 11 is 3.40. The summed E-state index contributed by atoms with van der Waals surface area (Å²) in [6, 6.07) is 7.35. The molecule has 0 spiro atoms. The number of aliphatic hydroxyl groups excluding tert-OH is 1. The van der Waals surface area contributed by atoms with Crippen LogP contribution in [0.2, 0.25) is 0 Å². The molecule has 0 fully saturated rings. The van der Waals surface area contributed by atoms with Gasteiger partial charge in [0.15, 0.2) is 0 Å². The SMILES string of the molecule is CC(O)CNC(=O)N/C=C/c1ccccc1Br. The fourth-order valence-electron chi connectivity index (χ4n) is 1.11. The van der Waals surface area contributed by atoms with Gasteiger partial charge >= 0.3 is 6.03 Å². The second-order valence-electron chi connectivity index (χ2n) is 3.56. The van der Waals surface area contributed by atoms with Crippen LogP contribution < -0.4 is 10.6 Å². The summed E-state index contributed by atoms with van der Waals surface area (Å²) in [6.07, 6.45) is 2.79. The van der Waals surface area contributed by atoms with Gasteiger partial charge in [-0.3, -0.25) is 0 Å². The average molecular weight is 299 g/mol. The van der Waals surface area contributed by atoms with Crippen molar-refractivity contribution in [2.75, 3.05) is 6.54 Å². The van der Waals surface area contributed by atoms with Gasteiger partial charge in [-0.05, 0) is 24.6 Å². The maximum Gasteiger partial charge on any atom is 0.318 e. The number of rotatable bonds is 4. The molecule has 0 bridgehead atoms. The molecule has 1 rings (SSSR count). The first kappa shape index (κ1) is 13.7. The number of carbonyl (C=O) groups is 1.